The molecule has 1 atom stereocenters. The summed E-state index contributed by atoms with van der Waals surface area (Å²) < 4.78 is 0. The number of nitrogens with zero attached hydrogens (tertiary/aromatic N) is 1. The zero-order valence-electron chi connectivity index (χ0n) is 10.3. The van der Waals surface area contributed by atoms with E-state index in [1.165, 1.54) is 18.9 Å². The number of anilines is 1. The average Bonchev–Trinajstić information content (AvgIpc) is 2.81. The van der Waals surface area contributed by atoms with Gasteiger partial charge in [0, 0.05) is 25.1 Å². The highest BCUT2D eigenvalue weighted by molar-refractivity contribution is 5.32. The second-order valence-electron chi connectivity index (χ2n) is 4.44. The molecule has 5 heteroatoms. The standard InChI is InChI=1S/C12H20N4O/c1-2-10-15-11(8-12(17)16-10)14-7-5-9-4-3-6-13-9/h8-9,13H,2-7H2,1H3,(H2,14,15,16,17)/t9-/m0/s1. The van der Waals surface area contributed by atoms with Crippen molar-refractivity contribution in [3.05, 3.63) is 22.2 Å². The molecule has 1 aromatic rings. The van der Waals surface area contributed by atoms with Crippen molar-refractivity contribution in [1.82, 2.24) is 15.3 Å². The smallest absolute Gasteiger partial charge is 0.252 e. The van der Waals surface area contributed by atoms with Crippen LogP contribution < -0.4 is 16.2 Å². The second kappa shape index (κ2) is 5.82. The third kappa shape index (κ3) is 3.56. The summed E-state index contributed by atoms with van der Waals surface area (Å²) in [5.41, 5.74) is -0.0849. The lowest BCUT2D eigenvalue weighted by Crippen LogP contribution is -2.24. The van der Waals surface area contributed by atoms with Gasteiger partial charge < -0.3 is 15.6 Å². The fraction of sp³-hybridized carbons (Fsp3) is 0.667. The fourth-order valence-electron chi connectivity index (χ4n) is 2.14. The van der Waals surface area contributed by atoms with Crippen LogP contribution in [0, 0.1) is 0 Å². The van der Waals surface area contributed by atoms with Gasteiger partial charge in [0.2, 0.25) is 0 Å². The van der Waals surface area contributed by atoms with Crippen LogP contribution in [0.3, 0.4) is 0 Å². The average molecular weight is 236 g/mol. The van der Waals surface area contributed by atoms with Crippen LogP contribution in [0.25, 0.3) is 0 Å². The van der Waals surface area contributed by atoms with Crippen molar-refractivity contribution in [2.45, 2.75) is 38.6 Å². The molecule has 5 nitrogen and oxygen atoms in total. The molecule has 0 aromatic carbocycles. The van der Waals surface area contributed by atoms with Gasteiger partial charge in [0.05, 0.1) is 0 Å². The number of nitrogens with one attached hydrogen (secondary N) is 3. The molecule has 94 valence electrons. The van der Waals surface area contributed by atoms with Crippen molar-refractivity contribution < 1.29 is 0 Å². The Kier molecular flexibility index (Phi) is 4.14. The second-order valence-corrected chi connectivity index (χ2v) is 4.44. The fourth-order valence-corrected chi connectivity index (χ4v) is 2.14. The third-order valence-corrected chi connectivity index (χ3v) is 3.09. The zero-order chi connectivity index (χ0) is 12.1. The van der Waals surface area contributed by atoms with E-state index in [1.807, 2.05) is 6.92 Å². The first-order valence-corrected chi connectivity index (χ1v) is 6.35. The highest BCUT2D eigenvalue weighted by Gasteiger charge is 2.12. The predicted octanol–water partition coefficient (Wildman–Crippen LogP) is 0.886. The molecule has 3 N–H and O–H groups in total. The maximum atomic E-state index is 11.3. The molecule has 1 saturated heterocycles. The maximum Gasteiger partial charge on any atom is 0.252 e. The summed E-state index contributed by atoms with van der Waals surface area (Å²) in [6.45, 7) is 3.97. The first-order chi connectivity index (χ1) is 8.28. The zero-order valence-corrected chi connectivity index (χ0v) is 10.3. The van der Waals surface area contributed by atoms with Crippen LogP contribution in [0.15, 0.2) is 10.9 Å². The van der Waals surface area contributed by atoms with E-state index in [0.717, 1.165) is 31.8 Å². The molecule has 1 aliphatic heterocycles. The van der Waals surface area contributed by atoms with Crippen LogP contribution >= 0.6 is 0 Å². The molecule has 0 saturated carbocycles. The Morgan fingerprint density at radius 2 is 2.47 bits per heavy atom. The topological polar surface area (TPSA) is 69.8 Å². The lowest BCUT2D eigenvalue weighted by atomic mass is 10.1. The molecule has 0 aliphatic carbocycles. The Morgan fingerprint density at radius 3 is 3.18 bits per heavy atom. The summed E-state index contributed by atoms with van der Waals surface area (Å²) >= 11 is 0. The molecular weight excluding hydrogens is 216 g/mol. The van der Waals surface area contributed by atoms with Gasteiger partial charge in [0.15, 0.2) is 0 Å². The highest BCUT2D eigenvalue weighted by Crippen LogP contribution is 2.09. The van der Waals surface area contributed by atoms with Crippen LogP contribution in [-0.4, -0.2) is 29.1 Å². The Morgan fingerprint density at radius 1 is 1.59 bits per heavy atom. The molecule has 0 spiro atoms. The lowest BCUT2D eigenvalue weighted by Gasteiger charge is -2.11. The van der Waals surface area contributed by atoms with Crippen molar-refractivity contribution in [3.63, 3.8) is 0 Å². The van der Waals surface area contributed by atoms with Crippen molar-refractivity contribution in [2.24, 2.45) is 0 Å². The Balaban J connectivity index is 1.85. The van der Waals surface area contributed by atoms with Crippen LogP contribution in [0.2, 0.25) is 0 Å². The number of hydrogen-bond donors (Lipinski definition) is 3. The van der Waals surface area contributed by atoms with E-state index in [0.29, 0.717) is 11.9 Å². The SMILES string of the molecule is CCc1nc(NCC[C@@H]2CCCN2)cc(=O)[nH]1. The van der Waals surface area contributed by atoms with E-state index < -0.39 is 0 Å². The van der Waals surface area contributed by atoms with Gasteiger partial charge in [0.25, 0.3) is 5.56 Å². The van der Waals surface area contributed by atoms with Crippen LogP contribution in [-0.2, 0) is 6.42 Å². The molecule has 0 amide bonds. The van der Waals surface area contributed by atoms with Gasteiger partial charge in [-0.3, -0.25) is 4.79 Å². The molecule has 1 aromatic heterocycles. The van der Waals surface area contributed by atoms with E-state index in [1.54, 1.807) is 0 Å². The summed E-state index contributed by atoms with van der Waals surface area (Å²) in [4.78, 5) is 18.4. The number of aromatic amines is 1. The molecule has 2 heterocycles. The van der Waals surface area contributed by atoms with Crippen LogP contribution in [0.1, 0.15) is 32.0 Å². The van der Waals surface area contributed by atoms with Gasteiger partial charge in [-0.15, -0.1) is 0 Å². The molecule has 1 aliphatic rings. The summed E-state index contributed by atoms with van der Waals surface area (Å²) in [5.74, 6) is 1.42. The Labute approximate surface area is 101 Å². The first-order valence-electron chi connectivity index (χ1n) is 6.35. The van der Waals surface area contributed by atoms with E-state index in [9.17, 15) is 4.79 Å². The van der Waals surface area contributed by atoms with Gasteiger partial charge in [-0.2, -0.15) is 0 Å². The molecule has 0 radical (unpaired) electrons. The quantitative estimate of drug-likeness (QED) is 0.710. The summed E-state index contributed by atoms with van der Waals surface area (Å²) in [5, 5.41) is 6.66. The molecule has 0 unspecified atom stereocenters. The lowest BCUT2D eigenvalue weighted by molar-refractivity contribution is 0.574. The molecule has 1 fully saturated rings. The number of aromatic nitrogens is 2. The van der Waals surface area contributed by atoms with E-state index in [2.05, 4.69) is 20.6 Å². The van der Waals surface area contributed by atoms with Gasteiger partial charge in [-0.1, -0.05) is 6.92 Å². The van der Waals surface area contributed by atoms with Crippen LogP contribution in [0.4, 0.5) is 5.82 Å². The van der Waals surface area contributed by atoms with Crippen molar-refractivity contribution in [1.29, 1.82) is 0 Å². The van der Waals surface area contributed by atoms with Gasteiger partial charge in [0.1, 0.15) is 11.6 Å². The normalized spacial score (nSPS) is 19.5. The number of H-pyrrole nitrogens is 1. The minimum Gasteiger partial charge on any atom is -0.370 e. The number of rotatable bonds is 5. The minimum absolute atomic E-state index is 0.0849. The maximum absolute atomic E-state index is 11.3. The molecule has 0 bridgehead atoms. The Bertz CT molecular complexity index is 409. The van der Waals surface area contributed by atoms with Gasteiger partial charge in [-0.25, -0.2) is 4.98 Å². The third-order valence-electron chi connectivity index (χ3n) is 3.09. The molecule has 17 heavy (non-hydrogen) atoms. The highest BCUT2D eigenvalue weighted by atomic mass is 16.1. The van der Waals surface area contributed by atoms with E-state index in [4.69, 9.17) is 0 Å². The summed E-state index contributed by atoms with van der Waals surface area (Å²) in [7, 11) is 0. The monoisotopic (exact) mass is 236 g/mol. The van der Waals surface area contributed by atoms with Crippen molar-refractivity contribution >= 4 is 5.82 Å². The van der Waals surface area contributed by atoms with Crippen molar-refractivity contribution in [3.8, 4) is 0 Å². The van der Waals surface area contributed by atoms with Gasteiger partial charge in [-0.05, 0) is 25.8 Å². The molecular formula is C12H20N4O. The Hall–Kier alpha value is -1.36. The minimum atomic E-state index is -0.0849. The van der Waals surface area contributed by atoms with Crippen molar-refractivity contribution in [2.75, 3.05) is 18.4 Å². The summed E-state index contributed by atoms with van der Waals surface area (Å²) in [6.07, 6.45) is 4.35. The number of hydrogen-bond acceptors (Lipinski definition) is 4. The molecule has 2 rings (SSSR count). The summed E-state index contributed by atoms with van der Waals surface area (Å²) in [6, 6.07) is 2.14. The first kappa shape index (κ1) is 12.1. The largest absolute Gasteiger partial charge is 0.370 e. The predicted molar refractivity (Wildman–Crippen MR) is 68.4 cm³/mol. The van der Waals surface area contributed by atoms with E-state index in [-0.39, 0.29) is 5.56 Å². The van der Waals surface area contributed by atoms with Crippen LogP contribution in [0.5, 0.6) is 0 Å². The number of aryl methyl sites for hydroxylation is 1. The van der Waals surface area contributed by atoms with E-state index >= 15 is 0 Å². The van der Waals surface area contributed by atoms with Gasteiger partial charge >= 0.3 is 0 Å².